The van der Waals surface area contributed by atoms with Gasteiger partial charge in [0.05, 0.1) is 13.3 Å². The fraction of sp³-hybridized carbons (Fsp3) is 0.474. The van der Waals surface area contributed by atoms with Gasteiger partial charge in [0.1, 0.15) is 5.75 Å². The molecule has 3 aliphatic heterocycles. The van der Waals surface area contributed by atoms with Crippen molar-refractivity contribution in [3.05, 3.63) is 36.7 Å². The van der Waals surface area contributed by atoms with Crippen LogP contribution >= 0.6 is 0 Å². The topological polar surface area (TPSA) is 59.4 Å². The number of nitrogens with one attached hydrogen (secondary N) is 1. The molecular formula is C19H24N4O2. The predicted molar refractivity (Wildman–Crippen MR) is 95.7 cm³/mol. The zero-order valence-electron chi connectivity index (χ0n) is 14.7. The fourth-order valence-electron chi connectivity index (χ4n) is 4.12. The van der Waals surface area contributed by atoms with E-state index in [9.17, 15) is 4.79 Å². The summed E-state index contributed by atoms with van der Waals surface area (Å²) in [6.45, 7) is 4.52. The van der Waals surface area contributed by atoms with Gasteiger partial charge in [-0.15, -0.1) is 0 Å². The second kappa shape index (κ2) is 6.52. The van der Waals surface area contributed by atoms with Crippen LogP contribution in [0, 0.1) is 5.92 Å². The average molecular weight is 340 g/mol. The number of benzene rings is 1. The van der Waals surface area contributed by atoms with Crippen LogP contribution in [0.2, 0.25) is 0 Å². The smallest absolute Gasteiger partial charge is 0.342 e. The number of carbonyl (C=O) groups is 1. The van der Waals surface area contributed by atoms with E-state index in [0.717, 1.165) is 30.0 Å². The Labute approximate surface area is 147 Å². The van der Waals surface area contributed by atoms with Crippen molar-refractivity contribution in [2.75, 3.05) is 20.2 Å². The molecule has 0 aliphatic carbocycles. The van der Waals surface area contributed by atoms with Crippen LogP contribution in [0.4, 0.5) is 4.79 Å². The largest absolute Gasteiger partial charge is 0.497 e. The van der Waals surface area contributed by atoms with E-state index in [1.54, 1.807) is 19.5 Å². The van der Waals surface area contributed by atoms with Crippen molar-refractivity contribution in [3.63, 3.8) is 0 Å². The maximum Gasteiger partial charge on any atom is 0.342 e. The maximum atomic E-state index is 12.6. The highest BCUT2D eigenvalue weighted by atomic mass is 16.5. The number of methoxy groups -OCH3 is 1. The molecule has 3 aliphatic rings. The second-order valence-corrected chi connectivity index (χ2v) is 6.99. The molecule has 6 nitrogen and oxygen atoms in total. The normalized spacial score (nSPS) is 27.9. The molecule has 1 amide bonds. The van der Waals surface area contributed by atoms with Gasteiger partial charge < -0.3 is 10.1 Å². The number of hydrogen-bond acceptors (Lipinski definition) is 4. The van der Waals surface area contributed by atoms with Gasteiger partial charge in [-0.05, 0) is 56.5 Å². The van der Waals surface area contributed by atoms with Gasteiger partial charge in [0, 0.05) is 23.8 Å². The van der Waals surface area contributed by atoms with Gasteiger partial charge in [-0.25, -0.2) is 4.79 Å². The van der Waals surface area contributed by atoms with Crippen LogP contribution < -0.4 is 10.1 Å². The monoisotopic (exact) mass is 340 g/mol. The minimum atomic E-state index is -0.148. The van der Waals surface area contributed by atoms with E-state index in [1.165, 1.54) is 17.5 Å². The number of nitrogens with zero attached hydrogens (tertiary/aromatic N) is 3. The summed E-state index contributed by atoms with van der Waals surface area (Å²) in [5, 5.41) is 7.45. The molecule has 4 heterocycles. The lowest BCUT2D eigenvalue weighted by atomic mass is 9.79. The number of fused-ring (bicyclic) bond motifs is 3. The molecule has 0 radical (unpaired) electrons. The molecule has 6 heteroatoms. The minimum absolute atomic E-state index is 0.148. The Morgan fingerprint density at radius 3 is 2.56 bits per heavy atom. The molecule has 2 bridgehead atoms. The highest BCUT2D eigenvalue weighted by Gasteiger charge is 2.40. The van der Waals surface area contributed by atoms with Crippen LogP contribution in [0.5, 0.6) is 5.75 Å². The van der Waals surface area contributed by atoms with Crippen molar-refractivity contribution >= 4 is 6.03 Å². The van der Waals surface area contributed by atoms with Crippen molar-refractivity contribution in [1.82, 2.24) is 20.0 Å². The molecule has 1 N–H and O–H groups in total. The lowest BCUT2D eigenvalue weighted by Gasteiger charge is -2.49. The quantitative estimate of drug-likeness (QED) is 0.933. The van der Waals surface area contributed by atoms with Crippen LogP contribution in [-0.2, 0) is 0 Å². The first-order chi connectivity index (χ1) is 12.2. The third-order valence-corrected chi connectivity index (χ3v) is 5.68. The van der Waals surface area contributed by atoms with E-state index in [2.05, 4.69) is 22.2 Å². The third kappa shape index (κ3) is 3.02. The summed E-state index contributed by atoms with van der Waals surface area (Å²) in [5.74, 6) is 1.39. The first kappa shape index (κ1) is 16.1. The molecule has 5 rings (SSSR count). The van der Waals surface area contributed by atoms with E-state index in [1.807, 2.05) is 24.3 Å². The van der Waals surface area contributed by atoms with E-state index in [4.69, 9.17) is 4.74 Å². The van der Waals surface area contributed by atoms with Crippen molar-refractivity contribution < 1.29 is 9.53 Å². The maximum absolute atomic E-state index is 12.6. The van der Waals surface area contributed by atoms with Crippen molar-refractivity contribution in [3.8, 4) is 16.9 Å². The fourth-order valence-corrected chi connectivity index (χ4v) is 4.12. The van der Waals surface area contributed by atoms with E-state index in [-0.39, 0.29) is 12.1 Å². The molecule has 0 saturated carbocycles. The third-order valence-electron chi connectivity index (χ3n) is 5.68. The molecule has 0 unspecified atom stereocenters. The Bertz CT molecular complexity index is 745. The lowest BCUT2D eigenvalue weighted by Crippen LogP contribution is -2.62. The summed E-state index contributed by atoms with van der Waals surface area (Å²) >= 11 is 0. The SMILES string of the molecule is COc1ccc(-c2cnn(C(=O)N[C@@H]3C4CCN(CC4)[C@H]3C)c2)cc1. The Morgan fingerprint density at radius 2 is 1.92 bits per heavy atom. The van der Waals surface area contributed by atoms with Gasteiger partial charge in [-0.1, -0.05) is 12.1 Å². The van der Waals surface area contributed by atoms with E-state index >= 15 is 0 Å². The Hall–Kier alpha value is -2.34. The highest BCUT2D eigenvalue weighted by molar-refractivity contribution is 5.78. The molecule has 132 valence electrons. The number of aromatic nitrogens is 2. The minimum Gasteiger partial charge on any atom is -0.497 e. The summed E-state index contributed by atoms with van der Waals surface area (Å²) in [6.07, 6.45) is 5.85. The van der Waals surface area contributed by atoms with Crippen LogP contribution in [0.25, 0.3) is 11.1 Å². The number of amides is 1. The molecule has 1 aromatic carbocycles. The number of hydrogen-bond donors (Lipinski definition) is 1. The number of piperidine rings is 3. The summed E-state index contributed by atoms with van der Waals surface area (Å²) in [7, 11) is 1.65. The summed E-state index contributed by atoms with van der Waals surface area (Å²) in [6, 6.07) is 8.20. The molecule has 1 aromatic heterocycles. The van der Waals surface area contributed by atoms with Crippen molar-refractivity contribution in [2.24, 2.45) is 5.92 Å². The highest BCUT2D eigenvalue weighted by Crippen LogP contribution is 2.32. The Balaban J connectivity index is 1.47. The van der Waals surface area contributed by atoms with Gasteiger partial charge in [-0.3, -0.25) is 4.90 Å². The molecule has 2 aromatic rings. The number of ether oxygens (including phenoxy) is 1. The van der Waals surface area contributed by atoms with Crippen LogP contribution in [0.15, 0.2) is 36.7 Å². The van der Waals surface area contributed by atoms with Crippen molar-refractivity contribution in [2.45, 2.75) is 31.8 Å². The first-order valence-electron chi connectivity index (χ1n) is 8.90. The van der Waals surface area contributed by atoms with Gasteiger partial charge in [0.2, 0.25) is 0 Å². The van der Waals surface area contributed by atoms with Crippen LogP contribution in [0.1, 0.15) is 19.8 Å². The van der Waals surface area contributed by atoms with Gasteiger partial charge >= 0.3 is 6.03 Å². The lowest BCUT2D eigenvalue weighted by molar-refractivity contribution is 0.0266. The standard InChI is InChI=1S/C19H24N4O2/c1-13-18(15-7-9-22(13)10-8-15)21-19(24)23-12-16(11-20-23)14-3-5-17(25-2)6-4-14/h3-6,11-13,15,18H,7-10H2,1-2H3,(H,21,24)/t13-,18-/m0/s1. The van der Waals surface area contributed by atoms with Gasteiger partial charge in [0.15, 0.2) is 0 Å². The summed E-state index contributed by atoms with van der Waals surface area (Å²) in [5.41, 5.74) is 1.93. The Kier molecular flexibility index (Phi) is 4.21. The Morgan fingerprint density at radius 1 is 1.20 bits per heavy atom. The second-order valence-electron chi connectivity index (χ2n) is 6.99. The van der Waals surface area contributed by atoms with Crippen molar-refractivity contribution in [1.29, 1.82) is 0 Å². The number of rotatable bonds is 3. The van der Waals surface area contributed by atoms with Gasteiger partial charge in [0.25, 0.3) is 0 Å². The molecule has 0 spiro atoms. The van der Waals surface area contributed by atoms with E-state index < -0.39 is 0 Å². The van der Waals surface area contributed by atoms with E-state index in [0.29, 0.717) is 12.0 Å². The van der Waals surface area contributed by atoms with Crippen LogP contribution in [0.3, 0.4) is 0 Å². The molecule has 25 heavy (non-hydrogen) atoms. The first-order valence-corrected chi connectivity index (χ1v) is 8.90. The molecular weight excluding hydrogens is 316 g/mol. The molecule has 2 atom stereocenters. The van der Waals surface area contributed by atoms with Crippen LogP contribution in [-0.4, -0.2) is 53.0 Å². The zero-order chi connectivity index (χ0) is 17.4. The average Bonchev–Trinajstić information content (AvgIpc) is 3.15. The zero-order valence-corrected chi connectivity index (χ0v) is 14.7. The van der Waals surface area contributed by atoms with Gasteiger partial charge in [-0.2, -0.15) is 9.78 Å². The molecule has 3 saturated heterocycles. The predicted octanol–water partition coefficient (Wildman–Crippen LogP) is 2.60. The summed E-state index contributed by atoms with van der Waals surface area (Å²) in [4.78, 5) is 15.1. The summed E-state index contributed by atoms with van der Waals surface area (Å²) < 4.78 is 6.59. The number of carbonyl (C=O) groups excluding carboxylic acids is 1. The molecule has 3 fully saturated rings.